The summed E-state index contributed by atoms with van der Waals surface area (Å²) in [5, 5.41) is 0.724. The topological polar surface area (TPSA) is 87.2 Å². The SMILES string of the molecule is Cc1oc(C(=O)OCc2ccccc2)nc1-n1ccc2cccnc2c1=O. The Bertz CT molecular complexity index is 1180. The Morgan fingerprint density at radius 1 is 1.15 bits per heavy atom. The number of carbonyl (C=O) groups excluding carboxylic acids is 1. The van der Waals surface area contributed by atoms with Crippen molar-refractivity contribution in [3.63, 3.8) is 0 Å². The first-order valence-corrected chi connectivity index (χ1v) is 8.29. The Morgan fingerprint density at radius 2 is 1.96 bits per heavy atom. The second-order valence-corrected chi connectivity index (χ2v) is 5.89. The molecular formula is C20H15N3O4. The molecule has 0 fully saturated rings. The van der Waals surface area contributed by atoms with E-state index in [-0.39, 0.29) is 23.9 Å². The van der Waals surface area contributed by atoms with Crippen molar-refractivity contribution in [3.05, 3.63) is 88.5 Å². The highest BCUT2D eigenvalue weighted by molar-refractivity contribution is 5.84. The van der Waals surface area contributed by atoms with Crippen molar-refractivity contribution in [1.82, 2.24) is 14.5 Å². The molecule has 0 radical (unpaired) electrons. The van der Waals surface area contributed by atoms with Crippen molar-refractivity contribution in [1.29, 1.82) is 0 Å². The Labute approximate surface area is 153 Å². The molecule has 0 aliphatic heterocycles. The lowest BCUT2D eigenvalue weighted by Gasteiger charge is -2.03. The first kappa shape index (κ1) is 16.7. The largest absolute Gasteiger partial charge is 0.454 e. The van der Waals surface area contributed by atoms with Crippen LogP contribution < -0.4 is 5.56 Å². The van der Waals surface area contributed by atoms with Gasteiger partial charge in [-0.2, -0.15) is 4.98 Å². The number of nitrogens with zero attached hydrogens (tertiary/aromatic N) is 3. The van der Waals surface area contributed by atoms with E-state index in [0.717, 1.165) is 10.9 Å². The predicted octanol–water partition coefficient (Wildman–Crippen LogP) is 3.04. The van der Waals surface area contributed by atoms with Gasteiger partial charge < -0.3 is 9.15 Å². The van der Waals surface area contributed by atoms with Gasteiger partial charge >= 0.3 is 11.9 Å². The van der Waals surface area contributed by atoms with Gasteiger partial charge in [0.05, 0.1) is 0 Å². The molecule has 3 heterocycles. The second-order valence-electron chi connectivity index (χ2n) is 5.89. The average molecular weight is 361 g/mol. The molecule has 1 aromatic carbocycles. The maximum Gasteiger partial charge on any atom is 0.395 e. The molecule has 0 aliphatic rings. The molecule has 0 N–H and O–H groups in total. The number of esters is 1. The van der Waals surface area contributed by atoms with Gasteiger partial charge in [-0.3, -0.25) is 14.3 Å². The molecular weight excluding hydrogens is 346 g/mol. The van der Waals surface area contributed by atoms with Crippen molar-refractivity contribution in [2.45, 2.75) is 13.5 Å². The molecule has 7 heteroatoms. The Morgan fingerprint density at radius 3 is 2.78 bits per heavy atom. The molecule has 134 valence electrons. The highest BCUT2D eigenvalue weighted by atomic mass is 16.5. The molecule has 27 heavy (non-hydrogen) atoms. The maximum atomic E-state index is 12.7. The van der Waals surface area contributed by atoms with Crippen LogP contribution in [0.4, 0.5) is 0 Å². The average Bonchev–Trinajstić information content (AvgIpc) is 3.09. The molecule has 0 saturated carbocycles. The molecule has 0 aliphatic carbocycles. The number of aryl methyl sites for hydroxylation is 1. The Balaban J connectivity index is 1.63. The van der Waals surface area contributed by atoms with E-state index in [1.165, 1.54) is 4.57 Å². The number of hydrogen-bond donors (Lipinski definition) is 0. The van der Waals surface area contributed by atoms with E-state index in [9.17, 15) is 9.59 Å². The molecule has 7 nitrogen and oxygen atoms in total. The minimum Gasteiger partial charge on any atom is -0.454 e. The first-order chi connectivity index (χ1) is 13.1. The van der Waals surface area contributed by atoms with Crippen LogP contribution in [-0.4, -0.2) is 20.5 Å². The summed E-state index contributed by atoms with van der Waals surface area (Å²) in [5.41, 5.74) is 0.829. The van der Waals surface area contributed by atoms with Gasteiger partial charge in [0.2, 0.25) is 0 Å². The third-order valence-electron chi connectivity index (χ3n) is 4.05. The summed E-state index contributed by atoms with van der Waals surface area (Å²) in [6.07, 6.45) is 3.13. The molecule has 0 bridgehead atoms. The lowest BCUT2D eigenvalue weighted by Crippen LogP contribution is -2.19. The fourth-order valence-corrected chi connectivity index (χ4v) is 2.72. The number of fused-ring (bicyclic) bond motifs is 1. The minimum absolute atomic E-state index is 0.107. The highest BCUT2D eigenvalue weighted by Gasteiger charge is 2.20. The summed E-state index contributed by atoms with van der Waals surface area (Å²) < 4.78 is 12.0. The lowest BCUT2D eigenvalue weighted by molar-refractivity contribution is 0.0425. The van der Waals surface area contributed by atoms with Gasteiger partial charge in [-0.05, 0) is 24.6 Å². The molecule has 0 spiro atoms. The molecule has 0 atom stereocenters. The molecule has 4 aromatic rings. The molecule has 3 aromatic heterocycles. The van der Waals surface area contributed by atoms with Crippen LogP contribution >= 0.6 is 0 Å². The number of ether oxygens (including phenoxy) is 1. The summed E-state index contributed by atoms with van der Waals surface area (Å²) in [6.45, 7) is 1.74. The third kappa shape index (κ3) is 3.22. The summed E-state index contributed by atoms with van der Waals surface area (Å²) in [4.78, 5) is 33.2. The minimum atomic E-state index is -0.694. The van der Waals surface area contributed by atoms with Crippen molar-refractivity contribution in [3.8, 4) is 5.82 Å². The van der Waals surface area contributed by atoms with E-state index in [1.54, 1.807) is 37.5 Å². The number of carbonyl (C=O) groups is 1. The number of aromatic nitrogens is 3. The fraction of sp³-hybridized carbons (Fsp3) is 0.100. The van der Waals surface area contributed by atoms with E-state index in [1.807, 2.05) is 30.3 Å². The standard InChI is InChI=1S/C20H15N3O4/c1-13-17(23-11-9-15-8-5-10-21-16(15)19(23)24)22-18(27-13)20(25)26-12-14-6-3-2-4-7-14/h2-11H,12H2,1H3. The van der Waals surface area contributed by atoms with Crippen molar-refractivity contribution >= 4 is 16.9 Å². The van der Waals surface area contributed by atoms with Crippen LogP contribution in [0.3, 0.4) is 0 Å². The summed E-state index contributed by atoms with van der Waals surface area (Å²) in [6, 6.07) is 14.6. The van der Waals surface area contributed by atoms with Gasteiger partial charge in [0, 0.05) is 17.8 Å². The highest BCUT2D eigenvalue weighted by Crippen LogP contribution is 2.16. The number of pyridine rings is 2. The van der Waals surface area contributed by atoms with Crippen molar-refractivity contribution in [2.75, 3.05) is 0 Å². The smallest absolute Gasteiger partial charge is 0.395 e. The lowest BCUT2D eigenvalue weighted by atomic mass is 10.2. The number of oxazole rings is 1. The van der Waals surface area contributed by atoms with Crippen LogP contribution in [0.25, 0.3) is 16.7 Å². The monoisotopic (exact) mass is 361 g/mol. The van der Waals surface area contributed by atoms with Gasteiger partial charge in [-0.25, -0.2) is 4.79 Å². The van der Waals surface area contributed by atoms with Crippen LogP contribution in [0.1, 0.15) is 22.0 Å². The van der Waals surface area contributed by atoms with Gasteiger partial charge in [0.1, 0.15) is 17.9 Å². The third-order valence-corrected chi connectivity index (χ3v) is 4.05. The number of rotatable bonds is 4. The fourth-order valence-electron chi connectivity index (χ4n) is 2.72. The Kier molecular flexibility index (Phi) is 4.25. The number of hydrogen-bond acceptors (Lipinski definition) is 6. The van der Waals surface area contributed by atoms with Gasteiger partial charge in [-0.1, -0.05) is 36.4 Å². The van der Waals surface area contributed by atoms with E-state index in [2.05, 4.69) is 9.97 Å². The zero-order valence-electron chi connectivity index (χ0n) is 14.5. The second kappa shape index (κ2) is 6.87. The van der Waals surface area contributed by atoms with Crippen LogP contribution in [0, 0.1) is 6.92 Å². The van der Waals surface area contributed by atoms with Crippen molar-refractivity contribution < 1.29 is 13.9 Å². The molecule has 0 amide bonds. The normalized spacial score (nSPS) is 10.9. The van der Waals surface area contributed by atoms with Crippen LogP contribution in [0.2, 0.25) is 0 Å². The first-order valence-electron chi connectivity index (χ1n) is 8.29. The van der Waals surface area contributed by atoms with E-state index < -0.39 is 5.97 Å². The summed E-state index contributed by atoms with van der Waals surface area (Å²) in [7, 11) is 0. The predicted molar refractivity (Wildman–Crippen MR) is 97.7 cm³/mol. The maximum absolute atomic E-state index is 12.7. The number of benzene rings is 1. The van der Waals surface area contributed by atoms with E-state index in [4.69, 9.17) is 9.15 Å². The van der Waals surface area contributed by atoms with Gasteiger partial charge in [0.15, 0.2) is 5.82 Å². The van der Waals surface area contributed by atoms with Crippen LogP contribution in [0.5, 0.6) is 0 Å². The van der Waals surface area contributed by atoms with Gasteiger partial charge in [-0.15, -0.1) is 0 Å². The van der Waals surface area contributed by atoms with Crippen LogP contribution in [-0.2, 0) is 11.3 Å². The van der Waals surface area contributed by atoms with E-state index >= 15 is 0 Å². The quantitative estimate of drug-likeness (QED) is 0.519. The van der Waals surface area contributed by atoms with Crippen molar-refractivity contribution in [2.24, 2.45) is 0 Å². The summed E-state index contributed by atoms with van der Waals surface area (Å²) in [5.74, 6) is -0.329. The molecule has 4 rings (SSSR count). The zero-order chi connectivity index (χ0) is 18.8. The van der Waals surface area contributed by atoms with E-state index in [0.29, 0.717) is 11.3 Å². The Hall–Kier alpha value is -3.74. The van der Waals surface area contributed by atoms with Crippen LogP contribution in [0.15, 0.2) is 70.1 Å². The zero-order valence-corrected chi connectivity index (χ0v) is 14.5. The summed E-state index contributed by atoms with van der Waals surface area (Å²) >= 11 is 0. The molecule has 0 saturated heterocycles. The van der Waals surface area contributed by atoms with Gasteiger partial charge in [0.25, 0.3) is 5.56 Å². The molecule has 0 unspecified atom stereocenters.